The van der Waals surface area contributed by atoms with Crippen LogP contribution in [0.3, 0.4) is 0 Å². The third-order valence-corrected chi connectivity index (χ3v) is 3.18. The van der Waals surface area contributed by atoms with Crippen LogP contribution in [0.1, 0.15) is 63.5 Å². The fourth-order valence-electron chi connectivity index (χ4n) is 2.00. The summed E-state index contributed by atoms with van der Waals surface area (Å²) in [4.78, 5) is 11.5. The number of hydrogen-bond acceptors (Lipinski definition) is 2. The van der Waals surface area contributed by atoms with Gasteiger partial charge < -0.3 is 5.11 Å². The van der Waals surface area contributed by atoms with Gasteiger partial charge in [0.05, 0.1) is 6.10 Å². The highest BCUT2D eigenvalue weighted by Gasteiger charge is 2.07. The Morgan fingerprint density at radius 1 is 1.11 bits per heavy atom. The van der Waals surface area contributed by atoms with E-state index in [0.29, 0.717) is 12.2 Å². The molecule has 0 aliphatic carbocycles. The first-order chi connectivity index (χ1) is 8.74. The molecule has 1 aromatic rings. The van der Waals surface area contributed by atoms with Crippen molar-refractivity contribution in [1.82, 2.24) is 0 Å². The molecule has 0 aromatic heterocycles. The number of rotatable bonds is 9. The molecule has 0 aliphatic rings. The van der Waals surface area contributed by atoms with Gasteiger partial charge in [0, 0.05) is 12.8 Å². The Bertz CT molecular complexity index is 332. The Labute approximate surface area is 110 Å². The topological polar surface area (TPSA) is 37.3 Å². The van der Waals surface area contributed by atoms with E-state index in [4.69, 9.17) is 0 Å². The van der Waals surface area contributed by atoms with Gasteiger partial charge in [-0.25, -0.2) is 0 Å². The molecule has 1 aromatic carbocycles. The van der Waals surface area contributed by atoms with Crippen molar-refractivity contribution in [3.63, 3.8) is 0 Å². The largest absolute Gasteiger partial charge is 0.388 e. The standard InChI is InChI=1S/C16H24O2/c1-2-3-11-15(17)12-7-8-13-16(18)14-9-5-4-6-10-14/h4-6,9-10,16,18H,2-3,7-8,11-13H2,1H3. The fraction of sp³-hybridized carbons (Fsp3) is 0.562. The third-order valence-electron chi connectivity index (χ3n) is 3.18. The van der Waals surface area contributed by atoms with Crippen molar-refractivity contribution in [1.29, 1.82) is 0 Å². The van der Waals surface area contributed by atoms with Crippen LogP contribution in [-0.4, -0.2) is 10.9 Å². The van der Waals surface area contributed by atoms with Gasteiger partial charge in [0.2, 0.25) is 0 Å². The van der Waals surface area contributed by atoms with E-state index in [0.717, 1.165) is 44.1 Å². The van der Waals surface area contributed by atoms with Crippen LogP contribution in [0.15, 0.2) is 30.3 Å². The zero-order chi connectivity index (χ0) is 13.2. The van der Waals surface area contributed by atoms with Gasteiger partial charge in [-0.3, -0.25) is 4.79 Å². The number of carbonyl (C=O) groups excluding carboxylic acids is 1. The summed E-state index contributed by atoms with van der Waals surface area (Å²) in [5, 5.41) is 9.94. The quantitative estimate of drug-likeness (QED) is 0.670. The van der Waals surface area contributed by atoms with Crippen LogP contribution in [-0.2, 0) is 4.79 Å². The number of unbranched alkanes of at least 4 members (excludes halogenated alkanes) is 2. The first-order valence-electron chi connectivity index (χ1n) is 6.98. The lowest BCUT2D eigenvalue weighted by Gasteiger charge is -2.10. The molecule has 0 radical (unpaired) electrons. The maximum absolute atomic E-state index is 11.5. The van der Waals surface area contributed by atoms with Gasteiger partial charge in [0.25, 0.3) is 0 Å². The summed E-state index contributed by atoms with van der Waals surface area (Å²) in [5.74, 6) is 0.367. The minimum Gasteiger partial charge on any atom is -0.388 e. The highest BCUT2D eigenvalue weighted by atomic mass is 16.3. The molecule has 0 spiro atoms. The van der Waals surface area contributed by atoms with Crippen molar-refractivity contribution in [2.75, 3.05) is 0 Å². The van der Waals surface area contributed by atoms with E-state index in [9.17, 15) is 9.90 Å². The number of benzene rings is 1. The third kappa shape index (κ3) is 5.97. The molecule has 100 valence electrons. The lowest BCUT2D eigenvalue weighted by Crippen LogP contribution is -2.00. The van der Waals surface area contributed by atoms with E-state index in [-0.39, 0.29) is 0 Å². The van der Waals surface area contributed by atoms with Crippen LogP contribution in [0.4, 0.5) is 0 Å². The molecule has 1 rings (SSSR count). The van der Waals surface area contributed by atoms with Crippen LogP contribution in [0.25, 0.3) is 0 Å². The number of hydrogen-bond donors (Lipinski definition) is 1. The number of aliphatic hydroxyl groups is 1. The van der Waals surface area contributed by atoms with Gasteiger partial charge in [0.1, 0.15) is 5.78 Å². The van der Waals surface area contributed by atoms with Gasteiger partial charge in [-0.1, -0.05) is 50.1 Å². The van der Waals surface area contributed by atoms with Crippen LogP contribution in [0.5, 0.6) is 0 Å². The molecule has 0 amide bonds. The molecular formula is C16H24O2. The number of aliphatic hydroxyl groups excluding tert-OH is 1. The monoisotopic (exact) mass is 248 g/mol. The van der Waals surface area contributed by atoms with E-state index in [1.54, 1.807) is 0 Å². The molecule has 1 unspecified atom stereocenters. The van der Waals surface area contributed by atoms with Crippen molar-refractivity contribution in [2.45, 2.75) is 58.0 Å². The number of carbonyl (C=O) groups is 1. The minimum absolute atomic E-state index is 0.367. The molecule has 0 saturated carbocycles. The molecule has 0 saturated heterocycles. The first-order valence-corrected chi connectivity index (χ1v) is 6.98. The summed E-state index contributed by atoms with van der Waals surface area (Å²) in [6.45, 7) is 2.10. The molecule has 0 bridgehead atoms. The van der Waals surface area contributed by atoms with Crippen molar-refractivity contribution < 1.29 is 9.90 Å². The zero-order valence-electron chi connectivity index (χ0n) is 11.3. The Kier molecular flexibility index (Phi) is 7.35. The predicted molar refractivity (Wildman–Crippen MR) is 74.4 cm³/mol. The second-order valence-corrected chi connectivity index (χ2v) is 4.81. The average Bonchev–Trinajstić information content (AvgIpc) is 2.42. The molecule has 0 heterocycles. The summed E-state index contributed by atoms with van der Waals surface area (Å²) in [6.07, 6.45) is 5.63. The van der Waals surface area contributed by atoms with E-state index < -0.39 is 6.10 Å². The van der Waals surface area contributed by atoms with E-state index in [1.807, 2.05) is 30.3 Å². The van der Waals surface area contributed by atoms with Gasteiger partial charge in [0.15, 0.2) is 0 Å². The van der Waals surface area contributed by atoms with Crippen molar-refractivity contribution in [2.24, 2.45) is 0 Å². The normalized spacial score (nSPS) is 12.3. The van der Waals surface area contributed by atoms with Crippen molar-refractivity contribution in [3.8, 4) is 0 Å². The second kappa shape index (κ2) is 8.87. The Balaban J connectivity index is 2.13. The molecule has 1 N–H and O–H groups in total. The highest BCUT2D eigenvalue weighted by molar-refractivity contribution is 5.78. The fourth-order valence-corrected chi connectivity index (χ4v) is 2.00. The lowest BCUT2D eigenvalue weighted by atomic mass is 10.0. The van der Waals surface area contributed by atoms with Crippen LogP contribution < -0.4 is 0 Å². The molecule has 0 aliphatic heterocycles. The smallest absolute Gasteiger partial charge is 0.132 e. The lowest BCUT2D eigenvalue weighted by molar-refractivity contribution is -0.119. The molecule has 2 nitrogen and oxygen atoms in total. The summed E-state index contributed by atoms with van der Waals surface area (Å²) in [6, 6.07) is 9.70. The maximum atomic E-state index is 11.5. The number of Topliss-reactive ketones (excluding diaryl/α,β-unsaturated/α-hetero) is 1. The average molecular weight is 248 g/mol. The molecule has 1 atom stereocenters. The van der Waals surface area contributed by atoms with Crippen LogP contribution in [0.2, 0.25) is 0 Å². The minimum atomic E-state index is -0.392. The summed E-state index contributed by atoms with van der Waals surface area (Å²) < 4.78 is 0. The van der Waals surface area contributed by atoms with Gasteiger partial charge in [-0.2, -0.15) is 0 Å². The SMILES string of the molecule is CCCCC(=O)CCCCC(O)c1ccccc1. The molecule has 2 heteroatoms. The Morgan fingerprint density at radius 3 is 2.44 bits per heavy atom. The molecule has 0 fully saturated rings. The van der Waals surface area contributed by atoms with Crippen molar-refractivity contribution >= 4 is 5.78 Å². The van der Waals surface area contributed by atoms with E-state index in [2.05, 4.69) is 6.92 Å². The summed E-state index contributed by atoms with van der Waals surface area (Å²) >= 11 is 0. The maximum Gasteiger partial charge on any atom is 0.132 e. The van der Waals surface area contributed by atoms with Crippen molar-refractivity contribution in [3.05, 3.63) is 35.9 Å². The van der Waals surface area contributed by atoms with Crippen LogP contribution >= 0.6 is 0 Å². The first kappa shape index (κ1) is 14.9. The van der Waals surface area contributed by atoms with Gasteiger partial charge in [-0.05, 0) is 24.8 Å². The highest BCUT2D eigenvalue weighted by Crippen LogP contribution is 2.19. The van der Waals surface area contributed by atoms with Gasteiger partial charge in [-0.15, -0.1) is 0 Å². The molecular weight excluding hydrogens is 224 g/mol. The van der Waals surface area contributed by atoms with Gasteiger partial charge >= 0.3 is 0 Å². The molecule has 18 heavy (non-hydrogen) atoms. The summed E-state index contributed by atoms with van der Waals surface area (Å²) in [5.41, 5.74) is 0.967. The summed E-state index contributed by atoms with van der Waals surface area (Å²) in [7, 11) is 0. The van der Waals surface area contributed by atoms with E-state index in [1.165, 1.54) is 0 Å². The Morgan fingerprint density at radius 2 is 1.78 bits per heavy atom. The van der Waals surface area contributed by atoms with Crippen LogP contribution in [0, 0.1) is 0 Å². The number of ketones is 1. The second-order valence-electron chi connectivity index (χ2n) is 4.81. The Hall–Kier alpha value is -1.15. The predicted octanol–water partition coefficient (Wildman–Crippen LogP) is 4.04. The van der Waals surface area contributed by atoms with E-state index >= 15 is 0 Å². The zero-order valence-corrected chi connectivity index (χ0v) is 11.3.